The van der Waals surface area contributed by atoms with E-state index in [2.05, 4.69) is 32.8 Å². The highest BCUT2D eigenvalue weighted by Gasteiger charge is 2.46. The van der Waals surface area contributed by atoms with Crippen LogP contribution in [-0.4, -0.2) is 62.1 Å². The SMILES string of the molecule is C=CNCCCC[C@H](NC(=O)[C@@H](N)Cc1c[nH]c2ccccc12)C(=O)Nc1ccc(COC(=O)N[C@H]2CCc3c(C)c(F)cc4nc5c(c2c34)Cn2c-5cc3c(c2=O)COC(=O)[C@]3(O)CC)cc1. The van der Waals surface area contributed by atoms with Gasteiger partial charge in [-0.15, -0.1) is 0 Å². The monoisotopic (exact) mass is 924 g/mol. The number of nitrogens with zero attached hydrogens (tertiary/aromatic N) is 2. The van der Waals surface area contributed by atoms with Gasteiger partial charge in [-0.25, -0.2) is 19.0 Å². The Morgan fingerprint density at radius 1 is 1.10 bits per heavy atom. The zero-order valence-electron chi connectivity index (χ0n) is 37.8. The third-order valence-corrected chi connectivity index (χ3v) is 13.6. The first kappa shape index (κ1) is 45.8. The molecule has 0 saturated carbocycles. The lowest BCUT2D eigenvalue weighted by Crippen LogP contribution is -2.50. The number of carbonyl (C=O) groups excluding carboxylic acids is 4. The largest absolute Gasteiger partial charge is 0.458 e. The first-order valence-corrected chi connectivity index (χ1v) is 22.9. The van der Waals surface area contributed by atoms with Gasteiger partial charge < -0.3 is 51.1 Å². The molecule has 0 fully saturated rings. The minimum absolute atomic E-state index is 0.0188. The van der Waals surface area contributed by atoms with Crippen molar-refractivity contribution >= 4 is 51.4 Å². The lowest BCUT2D eigenvalue weighted by Gasteiger charge is -2.31. The summed E-state index contributed by atoms with van der Waals surface area (Å²) in [6, 6.07) is 15.2. The maximum Gasteiger partial charge on any atom is 0.407 e. The number of nitrogens with two attached hydrogens (primary N) is 1. The fourth-order valence-electron chi connectivity index (χ4n) is 9.80. The van der Waals surface area contributed by atoms with Crippen molar-refractivity contribution in [2.24, 2.45) is 5.73 Å². The maximum absolute atomic E-state index is 15.4. The van der Waals surface area contributed by atoms with Crippen LogP contribution in [0.4, 0.5) is 14.9 Å². The van der Waals surface area contributed by atoms with Gasteiger partial charge in [0.25, 0.3) is 5.56 Å². The zero-order valence-corrected chi connectivity index (χ0v) is 37.8. The number of pyridine rings is 2. The number of nitrogens with one attached hydrogen (secondary N) is 5. The number of alkyl carbamates (subject to hydrolysis) is 1. The van der Waals surface area contributed by atoms with Gasteiger partial charge in [0.15, 0.2) is 5.60 Å². The first-order valence-electron chi connectivity index (χ1n) is 22.9. The van der Waals surface area contributed by atoms with Crippen LogP contribution >= 0.6 is 0 Å². The first-order chi connectivity index (χ1) is 32.8. The molecular weight excluding hydrogens is 872 g/mol. The van der Waals surface area contributed by atoms with Crippen molar-refractivity contribution in [2.75, 3.05) is 11.9 Å². The minimum atomic E-state index is -2.02. The Morgan fingerprint density at radius 2 is 1.90 bits per heavy atom. The Labute approximate surface area is 390 Å². The number of hydrogen-bond donors (Lipinski definition) is 7. The van der Waals surface area contributed by atoms with Crippen molar-refractivity contribution in [1.82, 2.24) is 30.5 Å². The van der Waals surface area contributed by atoms with Crippen molar-refractivity contribution in [3.05, 3.63) is 140 Å². The molecule has 1 aliphatic carbocycles. The predicted molar refractivity (Wildman–Crippen MR) is 253 cm³/mol. The Kier molecular flexibility index (Phi) is 12.6. The third kappa shape index (κ3) is 8.47. The van der Waals surface area contributed by atoms with E-state index in [9.17, 15) is 29.1 Å². The number of H-pyrrole nitrogens is 1. The molecule has 3 aromatic carbocycles. The van der Waals surface area contributed by atoms with Gasteiger partial charge in [0, 0.05) is 51.9 Å². The number of aromatic amines is 1. The molecule has 5 heterocycles. The molecule has 68 heavy (non-hydrogen) atoms. The van der Waals surface area contributed by atoms with Crippen LogP contribution in [0, 0.1) is 12.7 Å². The van der Waals surface area contributed by atoms with Crippen LogP contribution in [0.2, 0.25) is 0 Å². The van der Waals surface area contributed by atoms with Crippen LogP contribution in [0.25, 0.3) is 33.2 Å². The fourth-order valence-corrected chi connectivity index (χ4v) is 9.80. The Hall–Kier alpha value is -7.37. The average molecular weight is 925 g/mol. The van der Waals surface area contributed by atoms with Crippen LogP contribution in [-0.2, 0) is 62.1 Å². The standard InChI is InChI=1S/C51H53FN8O8/c1-4-51(66)35-21-42-45-33(24-60(42)48(63)34(35)26-67-49(51)64)44-39(18-17-31-27(3)36(52)22-41(57-45)43(31)44)59-50(65)68-25-28-13-15-30(16-14-28)56-47(62)40(12-8-9-19-54-5-2)58-46(61)37(53)20-29-23-55-38-11-7-6-10-32(29)38/h5-7,10-11,13-16,21-23,37,39-40,54-55,66H,2,4,8-9,12,17-20,24-26,53H2,1,3H3,(H,56,62)(H,58,61)(H,59,65)/t37-,39-,40-,51-/m0/s1. The molecule has 8 N–H and O–H groups in total. The molecule has 3 aliphatic rings. The van der Waals surface area contributed by atoms with Gasteiger partial charge >= 0.3 is 12.1 Å². The molecule has 0 saturated heterocycles. The summed E-state index contributed by atoms with van der Waals surface area (Å²) < 4.78 is 27.9. The van der Waals surface area contributed by atoms with Crippen molar-refractivity contribution in [1.29, 1.82) is 0 Å². The molecule has 0 bridgehead atoms. The number of aliphatic hydroxyl groups is 1. The molecule has 0 unspecified atom stereocenters. The summed E-state index contributed by atoms with van der Waals surface area (Å²) in [6.45, 7) is 7.39. The summed E-state index contributed by atoms with van der Waals surface area (Å²) in [6.07, 6.45) is 5.64. The molecule has 9 rings (SSSR count). The van der Waals surface area contributed by atoms with Crippen molar-refractivity contribution in [2.45, 2.75) is 102 Å². The second kappa shape index (κ2) is 18.7. The highest BCUT2D eigenvalue weighted by molar-refractivity contribution is 5.98. The Morgan fingerprint density at radius 3 is 2.68 bits per heavy atom. The second-order valence-electron chi connectivity index (χ2n) is 17.7. The van der Waals surface area contributed by atoms with E-state index < -0.39 is 59.0 Å². The number of aryl methyl sites for hydroxylation is 1. The number of aromatic nitrogens is 3. The summed E-state index contributed by atoms with van der Waals surface area (Å²) in [5, 5.41) is 24.9. The number of benzene rings is 3. The summed E-state index contributed by atoms with van der Waals surface area (Å²) in [4.78, 5) is 75.4. The molecule has 3 amide bonds. The molecule has 6 aromatic rings. The topological polar surface area (TPSA) is 232 Å². The molecule has 16 nitrogen and oxygen atoms in total. The number of carbonyl (C=O) groups is 4. The van der Waals surface area contributed by atoms with Gasteiger partial charge in [0.1, 0.15) is 25.1 Å². The van der Waals surface area contributed by atoms with Crippen LogP contribution in [0.3, 0.4) is 0 Å². The average Bonchev–Trinajstić information content (AvgIpc) is 3.92. The molecule has 0 radical (unpaired) electrons. The normalized spacial score (nSPS) is 17.6. The van der Waals surface area contributed by atoms with E-state index in [0.29, 0.717) is 82.5 Å². The quantitative estimate of drug-likeness (QED) is 0.0451. The maximum atomic E-state index is 15.4. The molecule has 3 aromatic heterocycles. The number of rotatable bonds is 16. The molecule has 352 valence electrons. The van der Waals surface area contributed by atoms with Crippen LogP contribution in [0.15, 0.2) is 84.4 Å². The highest BCUT2D eigenvalue weighted by atomic mass is 19.1. The number of anilines is 1. The summed E-state index contributed by atoms with van der Waals surface area (Å²) >= 11 is 0. The van der Waals surface area contributed by atoms with Gasteiger partial charge in [0.2, 0.25) is 11.8 Å². The zero-order chi connectivity index (χ0) is 47.9. The van der Waals surface area contributed by atoms with E-state index in [1.807, 2.05) is 30.5 Å². The van der Waals surface area contributed by atoms with Gasteiger partial charge in [-0.3, -0.25) is 14.4 Å². The summed E-state index contributed by atoms with van der Waals surface area (Å²) in [5.74, 6) is -2.11. The van der Waals surface area contributed by atoms with E-state index in [-0.39, 0.29) is 43.7 Å². The van der Waals surface area contributed by atoms with Gasteiger partial charge in [-0.1, -0.05) is 43.8 Å². The third-order valence-electron chi connectivity index (χ3n) is 13.6. The number of cyclic esters (lactones) is 1. The summed E-state index contributed by atoms with van der Waals surface area (Å²) in [5.41, 5.74) is 11.0. The number of esters is 1. The van der Waals surface area contributed by atoms with E-state index in [0.717, 1.165) is 28.5 Å². The molecule has 2 aliphatic heterocycles. The van der Waals surface area contributed by atoms with Crippen LogP contribution in [0.5, 0.6) is 0 Å². The molecule has 4 atom stereocenters. The number of amides is 3. The van der Waals surface area contributed by atoms with Gasteiger partial charge in [0.05, 0.1) is 41.1 Å². The fraction of sp³-hybridized carbons (Fsp3) is 0.333. The molecular formula is C51H53FN8O8. The minimum Gasteiger partial charge on any atom is -0.458 e. The number of fused-ring (bicyclic) bond motifs is 6. The summed E-state index contributed by atoms with van der Waals surface area (Å²) in [7, 11) is 0. The lowest BCUT2D eigenvalue weighted by molar-refractivity contribution is -0.172. The molecule has 17 heteroatoms. The number of halogens is 1. The Balaban J connectivity index is 0.878. The van der Waals surface area contributed by atoms with Gasteiger partial charge in [-0.05, 0) is 110 Å². The number of unbranched alkanes of at least 4 members (excludes halogenated alkanes) is 1. The molecule has 0 spiro atoms. The van der Waals surface area contributed by atoms with E-state index in [1.54, 1.807) is 50.4 Å². The highest BCUT2D eigenvalue weighted by Crippen LogP contribution is 2.46. The number of para-hydroxylation sites is 1. The Bertz CT molecular complexity index is 3070. The van der Waals surface area contributed by atoms with Crippen molar-refractivity contribution in [3.63, 3.8) is 0 Å². The van der Waals surface area contributed by atoms with Crippen molar-refractivity contribution < 1.29 is 38.1 Å². The van der Waals surface area contributed by atoms with Crippen LogP contribution < -0.4 is 32.6 Å². The second-order valence-corrected chi connectivity index (χ2v) is 17.7. The smallest absolute Gasteiger partial charge is 0.407 e. The van der Waals surface area contributed by atoms with E-state index in [4.69, 9.17) is 20.2 Å². The van der Waals surface area contributed by atoms with E-state index in [1.165, 1.54) is 10.6 Å². The number of ether oxygens (including phenoxy) is 2. The predicted octanol–water partition coefficient (Wildman–Crippen LogP) is 5.82. The van der Waals surface area contributed by atoms with Gasteiger partial charge in [-0.2, -0.15) is 0 Å². The lowest BCUT2D eigenvalue weighted by atomic mass is 9.81. The van der Waals surface area contributed by atoms with Crippen molar-refractivity contribution in [3.8, 4) is 11.4 Å². The van der Waals surface area contributed by atoms with Crippen LogP contribution in [0.1, 0.15) is 89.6 Å². The van der Waals surface area contributed by atoms with E-state index >= 15 is 4.39 Å². The number of hydrogen-bond acceptors (Lipinski definition) is 11.